The van der Waals surface area contributed by atoms with E-state index in [9.17, 15) is 14.4 Å². The molecule has 1 N–H and O–H groups in total. The van der Waals surface area contributed by atoms with Gasteiger partial charge in [0.15, 0.2) is 5.78 Å². The number of rotatable bonds is 7. The molecule has 1 aliphatic rings. The molecule has 0 aromatic heterocycles. The van der Waals surface area contributed by atoms with E-state index in [2.05, 4.69) is 5.32 Å². The van der Waals surface area contributed by atoms with E-state index in [-0.39, 0.29) is 12.3 Å². The third-order valence-electron chi connectivity index (χ3n) is 4.99. The second-order valence-electron chi connectivity index (χ2n) is 6.77. The molecule has 1 aliphatic heterocycles. The predicted octanol–water partition coefficient (Wildman–Crippen LogP) is 2.31. The maximum atomic E-state index is 13.0. The largest absolute Gasteiger partial charge is 0.496 e. The number of benzene rings is 2. The zero-order chi connectivity index (χ0) is 20.8. The van der Waals surface area contributed by atoms with Crippen molar-refractivity contribution in [1.82, 2.24) is 10.2 Å². The topological polar surface area (TPSA) is 84.9 Å². The van der Waals surface area contributed by atoms with Crippen LogP contribution in [0.25, 0.3) is 0 Å². The third-order valence-corrected chi connectivity index (χ3v) is 4.99. The van der Waals surface area contributed by atoms with Crippen LogP contribution >= 0.6 is 0 Å². The number of imide groups is 1. The minimum atomic E-state index is -0.535. The van der Waals surface area contributed by atoms with Gasteiger partial charge in [0.05, 0.1) is 26.8 Å². The summed E-state index contributed by atoms with van der Waals surface area (Å²) in [7, 11) is 2.99. The standard InChI is InChI=1S/C22H24N2O5/c1-28-18-11-6-12-19(29-2)20(18)17(25)14-24-13-7-10-16(24)22(27)23-21(26)15-8-4-3-5-9-15/h3-6,8-9,11-12,16H,7,10,13-14H2,1-2H3,(H,23,26,27)/t16-/m1/s1. The Morgan fingerprint density at radius 1 is 1.00 bits per heavy atom. The third kappa shape index (κ3) is 4.63. The number of nitrogens with one attached hydrogen (secondary N) is 1. The van der Waals surface area contributed by atoms with Crippen LogP contribution in [0, 0.1) is 0 Å². The van der Waals surface area contributed by atoms with Crippen molar-refractivity contribution in [1.29, 1.82) is 0 Å². The molecule has 0 radical (unpaired) electrons. The number of carbonyl (C=O) groups is 3. The first-order valence-corrected chi connectivity index (χ1v) is 9.43. The highest BCUT2D eigenvalue weighted by Crippen LogP contribution is 2.29. The Balaban J connectivity index is 1.71. The lowest BCUT2D eigenvalue weighted by molar-refractivity contribution is -0.124. The Morgan fingerprint density at radius 3 is 2.28 bits per heavy atom. The second kappa shape index (κ2) is 9.34. The number of hydrogen-bond acceptors (Lipinski definition) is 6. The molecule has 7 nitrogen and oxygen atoms in total. The van der Waals surface area contributed by atoms with Crippen LogP contribution in [0.5, 0.6) is 11.5 Å². The van der Waals surface area contributed by atoms with Crippen molar-refractivity contribution in [2.24, 2.45) is 0 Å². The highest BCUT2D eigenvalue weighted by atomic mass is 16.5. The molecule has 2 aromatic rings. The Hall–Kier alpha value is -3.19. The van der Waals surface area contributed by atoms with Gasteiger partial charge in [0.25, 0.3) is 5.91 Å². The van der Waals surface area contributed by atoms with E-state index in [1.54, 1.807) is 53.4 Å². The molecule has 1 saturated heterocycles. The number of amides is 2. The zero-order valence-electron chi connectivity index (χ0n) is 16.5. The molecular formula is C22H24N2O5. The summed E-state index contributed by atoms with van der Waals surface area (Å²) >= 11 is 0. The van der Waals surface area contributed by atoms with Crippen molar-refractivity contribution in [3.05, 3.63) is 59.7 Å². The molecule has 0 unspecified atom stereocenters. The van der Waals surface area contributed by atoms with E-state index >= 15 is 0 Å². The number of hydrogen-bond donors (Lipinski definition) is 1. The maximum Gasteiger partial charge on any atom is 0.257 e. The first kappa shape index (κ1) is 20.5. The Kier molecular flexibility index (Phi) is 6.61. The lowest BCUT2D eigenvalue weighted by Gasteiger charge is -2.23. The summed E-state index contributed by atoms with van der Waals surface area (Å²) in [6.45, 7) is 0.634. The summed E-state index contributed by atoms with van der Waals surface area (Å²) in [5, 5.41) is 2.45. The van der Waals surface area contributed by atoms with Crippen LogP contribution in [0.4, 0.5) is 0 Å². The van der Waals surface area contributed by atoms with Gasteiger partial charge in [-0.15, -0.1) is 0 Å². The molecule has 0 aliphatic carbocycles. The van der Waals surface area contributed by atoms with Crippen molar-refractivity contribution in [2.75, 3.05) is 27.3 Å². The lowest BCUT2D eigenvalue weighted by atomic mass is 10.1. The van der Waals surface area contributed by atoms with Gasteiger partial charge in [-0.05, 0) is 43.7 Å². The van der Waals surface area contributed by atoms with Gasteiger partial charge in [0.1, 0.15) is 17.1 Å². The molecule has 2 amide bonds. The second-order valence-corrected chi connectivity index (χ2v) is 6.77. The van der Waals surface area contributed by atoms with Crippen molar-refractivity contribution in [3.63, 3.8) is 0 Å². The van der Waals surface area contributed by atoms with Gasteiger partial charge in [-0.1, -0.05) is 24.3 Å². The van der Waals surface area contributed by atoms with E-state index in [1.807, 2.05) is 0 Å². The van der Waals surface area contributed by atoms with Gasteiger partial charge < -0.3 is 9.47 Å². The van der Waals surface area contributed by atoms with E-state index in [0.29, 0.717) is 35.6 Å². The fourth-order valence-electron chi connectivity index (χ4n) is 3.56. The van der Waals surface area contributed by atoms with Gasteiger partial charge in [0.2, 0.25) is 5.91 Å². The molecule has 29 heavy (non-hydrogen) atoms. The van der Waals surface area contributed by atoms with Crippen molar-refractivity contribution < 1.29 is 23.9 Å². The molecule has 1 fully saturated rings. The van der Waals surface area contributed by atoms with Crippen molar-refractivity contribution >= 4 is 17.6 Å². The molecule has 0 saturated carbocycles. The van der Waals surface area contributed by atoms with Crippen LogP contribution in [0.15, 0.2) is 48.5 Å². The highest BCUT2D eigenvalue weighted by Gasteiger charge is 2.34. The molecule has 152 valence electrons. The van der Waals surface area contributed by atoms with Crippen LogP contribution in [0.3, 0.4) is 0 Å². The SMILES string of the molecule is COc1cccc(OC)c1C(=O)CN1CCC[C@@H]1C(=O)NC(=O)c1ccccc1. The van der Waals surface area contributed by atoms with Crippen LogP contribution in [-0.4, -0.2) is 55.8 Å². The number of methoxy groups -OCH3 is 2. The lowest BCUT2D eigenvalue weighted by Crippen LogP contribution is -2.46. The summed E-state index contributed by atoms with van der Waals surface area (Å²) in [6.07, 6.45) is 1.36. The minimum Gasteiger partial charge on any atom is -0.496 e. The summed E-state index contributed by atoms with van der Waals surface area (Å²) in [5.41, 5.74) is 0.768. The fraction of sp³-hybridized carbons (Fsp3) is 0.318. The highest BCUT2D eigenvalue weighted by molar-refractivity contribution is 6.06. The monoisotopic (exact) mass is 396 g/mol. The fourth-order valence-corrected chi connectivity index (χ4v) is 3.56. The van der Waals surface area contributed by atoms with E-state index in [0.717, 1.165) is 6.42 Å². The first-order chi connectivity index (χ1) is 14.0. The summed E-state index contributed by atoms with van der Waals surface area (Å²) < 4.78 is 10.6. The van der Waals surface area contributed by atoms with Gasteiger partial charge in [-0.25, -0.2) is 0 Å². The number of ketones is 1. The number of carbonyl (C=O) groups excluding carboxylic acids is 3. The number of nitrogens with zero attached hydrogens (tertiary/aromatic N) is 1. The van der Waals surface area contributed by atoms with Crippen LogP contribution in [-0.2, 0) is 4.79 Å². The quantitative estimate of drug-likeness (QED) is 0.571. The molecule has 0 bridgehead atoms. The molecule has 1 atom stereocenters. The van der Waals surface area contributed by atoms with E-state index in [4.69, 9.17) is 9.47 Å². The zero-order valence-corrected chi connectivity index (χ0v) is 16.5. The predicted molar refractivity (Wildman–Crippen MR) is 107 cm³/mol. The average Bonchev–Trinajstić information content (AvgIpc) is 3.21. The van der Waals surface area contributed by atoms with Crippen LogP contribution in [0.1, 0.15) is 33.6 Å². The van der Waals surface area contributed by atoms with Gasteiger partial charge in [0, 0.05) is 5.56 Å². The van der Waals surface area contributed by atoms with E-state index in [1.165, 1.54) is 14.2 Å². The van der Waals surface area contributed by atoms with Gasteiger partial charge in [-0.2, -0.15) is 0 Å². The molecule has 0 spiro atoms. The van der Waals surface area contributed by atoms with Crippen LogP contribution in [0.2, 0.25) is 0 Å². The summed E-state index contributed by atoms with van der Waals surface area (Å²) in [6, 6.07) is 13.2. The van der Waals surface area contributed by atoms with Crippen molar-refractivity contribution in [2.45, 2.75) is 18.9 Å². The molecular weight excluding hydrogens is 372 g/mol. The summed E-state index contributed by atoms with van der Waals surface area (Å²) in [5.74, 6) is -0.188. The Bertz CT molecular complexity index is 875. The van der Waals surface area contributed by atoms with Crippen LogP contribution < -0.4 is 14.8 Å². The first-order valence-electron chi connectivity index (χ1n) is 9.43. The summed E-state index contributed by atoms with van der Waals surface area (Å²) in [4.78, 5) is 39.7. The van der Waals surface area contributed by atoms with Gasteiger partial charge in [-0.3, -0.25) is 24.6 Å². The Morgan fingerprint density at radius 2 is 1.66 bits per heavy atom. The normalized spacial score (nSPS) is 16.3. The number of likely N-dealkylation sites (tertiary alicyclic amines) is 1. The molecule has 2 aromatic carbocycles. The number of ether oxygens (including phenoxy) is 2. The Labute approximate surface area is 169 Å². The molecule has 7 heteroatoms. The minimum absolute atomic E-state index is 0.0361. The van der Waals surface area contributed by atoms with Gasteiger partial charge >= 0.3 is 0 Å². The smallest absolute Gasteiger partial charge is 0.257 e. The number of Topliss-reactive ketones (excluding diaryl/α,β-unsaturated/α-hetero) is 1. The molecule has 1 heterocycles. The van der Waals surface area contributed by atoms with E-state index < -0.39 is 17.9 Å². The van der Waals surface area contributed by atoms with Crippen molar-refractivity contribution in [3.8, 4) is 11.5 Å². The average molecular weight is 396 g/mol. The maximum absolute atomic E-state index is 13.0. The molecule has 3 rings (SSSR count).